The van der Waals surface area contributed by atoms with Crippen molar-refractivity contribution in [3.63, 3.8) is 0 Å². The van der Waals surface area contributed by atoms with Gasteiger partial charge >= 0.3 is 5.97 Å². The fourth-order valence-electron chi connectivity index (χ4n) is 2.18. The first-order chi connectivity index (χ1) is 12.8. The lowest BCUT2D eigenvalue weighted by Gasteiger charge is -2.42. The van der Waals surface area contributed by atoms with Crippen LogP contribution >= 0.6 is 15.9 Å². The quantitative estimate of drug-likeness (QED) is 0.178. The average molecular weight is 508 g/mol. The topological polar surface area (TPSA) is 44.8 Å². The molecule has 0 radical (unpaired) electrons. The molecule has 7 heteroatoms. The van der Waals surface area contributed by atoms with Gasteiger partial charge in [0.2, 0.25) is 0 Å². The molecule has 0 unspecified atom stereocenters. The summed E-state index contributed by atoms with van der Waals surface area (Å²) in [5.74, 6) is -0.352. The molecule has 0 amide bonds. The maximum atomic E-state index is 11.5. The standard InChI is InChI=1S/C22H43BrO4Si2/c1-17(23)19(27-29(11,12)22(5,6)7)16-18(14-13-15-20(24)25-8)26-28(9,10)21(2,3)4/h13,15,18-19H,1,14,16H2,2-12H3/b15-13-/t18-,19-/m0/s1. The van der Waals surface area contributed by atoms with E-state index >= 15 is 0 Å². The summed E-state index contributed by atoms with van der Waals surface area (Å²) in [5.41, 5.74) is 0. The predicted molar refractivity (Wildman–Crippen MR) is 133 cm³/mol. The highest BCUT2D eigenvalue weighted by Crippen LogP contribution is 2.41. The normalized spacial score (nSPS) is 16.0. The van der Waals surface area contributed by atoms with E-state index in [-0.39, 0.29) is 28.3 Å². The summed E-state index contributed by atoms with van der Waals surface area (Å²) in [4.78, 5) is 11.5. The summed E-state index contributed by atoms with van der Waals surface area (Å²) in [6, 6.07) is 0. The number of rotatable bonds is 10. The highest BCUT2D eigenvalue weighted by atomic mass is 79.9. The number of hydrogen-bond acceptors (Lipinski definition) is 4. The molecule has 0 aliphatic carbocycles. The van der Waals surface area contributed by atoms with E-state index in [1.165, 1.54) is 13.2 Å². The zero-order valence-corrected chi connectivity index (χ0v) is 24.0. The molecule has 0 spiro atoms. The number of halogens is 1. The first-order valence-electron chi connectivity index (χ1n) is 10.3. The van der Waals surface area contributed by atoms with Gasteiger partial charge in [-0.05, 0) is 42.7 Å². The minimum atomic E-state index is -1.99. The molecule has 0 aromatic rings. The van der Waals surface area contributed by atoms with Gasteiger partial charge in [-0.25, -0.2) is 4.79 Å². The van der Waals surface area contributed by atoms with Gasteiger partial charge in [-0.15, -0.1) is 0 Å². The first-order valence-corrected chi connectivity index (χ1v) is 16.9. The molecule has 0 rings (SSSR count). The number of esters is 1. The maximum Gasteiger partial charge on any atom is 0.330 e. The molecule has 0 aliphatic rings. The van der Waals surface area contributed by atoms with Gasteiger partial charge in [0.1, 0.15) is 0 Å². The zero-order chi connectivity index (χ0) is 23.3. The van der Waals surface area contributed by atoms with E-state index in [2.05, 4.69) is 90.2 Å². The number of ether oxygens (including phenoxy) is 1. The zero-order valence-electron chi connectivity index (χ0n) is 20.4. The Labute approximate surface area is 189 Å². The summed E-state index contributed by atoms with van der Waals surface area (Å²) in [5, 5.41) is 0.201. The molecule has 170 valence electrons. The van der Waals surface area contributed by atoms with Crippen LogP contribution in [0.2, 0.25) is 36.3 Å². The SMILES string of the molecule is C=C(Br)[C@H](C[C@H](C/C=C\C(=O)OC)O[Si](C)(C)C(C)(C)C)O[Si](C)(C)C(C)(C)C. The van der Waals surface area contributed by atoms with E-state index < -0.39 is 16.6 Å². The first kappa shape index (κ1) is 28.8. The lowest BCUT2D eigenvalue weighted by Crippen LogP contribution is -2.47. The average Bonchev–Trinajstić information content (AvgIpc) is 2.50. The lowest BCUT2D eigenvalue weighted by molar-refractivity contribution is -0.134. The second-order valence-electron chi connectivity index (χ2n) is 10.7. The van der Waals surface area contributed by atoms with E-state index in [1.807, 2.05) is 6.08 Å². The summed E-state index contributed by atoms with van der Waals surface area (Å²) >= 11 is 3.58. The fourth-order valence-corrected chi connectivity index (χ4v) is 5.32. The monoisotopic (exact) mass is 506 g/mol. The molecular weight excluding hydrogens is 464 g/mol. The van der Waals surface area contributed by atoms with Crippen LogP contribution < -0.4 is 0 Å². The second-order valence-corrected chi connectivity index (χ2v) is 21.2. The van der Waals surface area contributed by atoms with Crippen molar-refractivity contribution < 1.29 is 18.4 Å². The van der Waals surface area contributed by atoms with Gasteiger partial charge in [-0.3, -0.25) is 0 Å². The Hall–Kier alpha value is -0.216. The Morgan fingerprint density at radius 1 is 1.00 bits per heavy atom. The van der Waals surface area contributed by atoms with Crippen LogP contribution in [0.15, 0.2) is 23.2 Å². The van der Waals surface area contributed by atoms with E-state index in [0.717, 1.165) is 4.48 Å². The molecule has 0 bridgehead atoms. The molecule has 0 aromatic carbocycles. The van der Waals surface area contributed by atoms with Gasteiger partial charge in [0, 0.05) is 17.0 Å². The third kappa shape index (κ3) is 9.64. The van der Waals surface area contributed by atoms with Crippen molar-refractivity contribution in [3.8, 4) is 0 Å². The Bertz CT molecular complexity index is 587. The van der Waals surface area contributed by atoms with Gasteiger partial charge in [-0.2, -0.15) is 0 Å². The van der Waals surface area contributed by atoms with E-state index in [1.54, 1.807) is 0 Å². The number of carbonyl (C=O) groups excluding carboxylic acids is 1. The highest BCUT2D eigenvalue weighted by molar-refractivity contribution is 9.11. The van der Waals surface area contributed by atoms with Crippen LogP contribution in [0, 0.1) is 0 Å². The minimum Gasteiger partial charge on any atom is -0.466 e. The molecule has 2 atom stereocenters. The summed E-state index contributed by atoms with van der Waals surface area (Å²) < 4.78 is 18.9. The van der Waals surface area contributed by atoms with Crippen molar-refractivity contribution >= 4 is 38.5 Å². The number of hydrogen-bond donors (Lipinski definition) is 0. The van der Waals surface area contributed by atoms with Crippen molar-refractivity contribution in [1.82, 2.24) is 0 Å². The highest BCUT2D eigenvalue weighted by Gasteiger charge is 2.42. The molecular formula is C22H43BrO4Si2. The van der Waals surface area contributed by atoms with Crippen LogP contribution in [0.4, 0.5) is 0 Å². The van der Waals surface area contributed by atoms with Crippen LogP contribution in [-0.2, 0) is 18.4 Å². The third-order valence-electron chi connectivity index (χ3n) is 6.19. The molecule has 0 heterocycles. The summed E-state index contributed by atoms with van der Waals surface area (Å²) in [6.07, 6.45) is 4.41. The fraction of sp³-hybridized carbons (Fsp3) is 0.773. The van der Waals surface area contributed by atoms with Gasteiger partial charge in [0.05, 0.1) is 19.3 Å². The second kappa shape index (κ2) is 10.9. The summed E-state index contributed by atoms with van der Waals surface area (Å²) in [6.45, 7) is 26.5. The largest absolute Gasteiger partial charge is 0.466 e. The lowest BCUT2D eigenvalue weighted by atomic mass is 10.1. The molecule has 0 aliphatic heterocycles. The Kier molecular flexibility index (Phi) is 10.8. The van der Waals surface area contributed by atoms with Crippen LogP contribution in [0.3, 0.4) is 0 Å². The Morgan fingerprint density at radius 3 is 1.83 bits per heavy atom. The van der Waals surface area contributed by atoms with Crippen LogP contribution in [0.5, 0.6) is 0 Å². The van der Waals surface area contributed by atoms with Gasteiger partial charge in [0.25, 0.3) is 0 Å². The third-order valence-corrected chi connectivity index (χ3v) is 15.7. The molecule has 0 aromatic heterocycles. The maximum absolute atomic E-state index is 11.5. The van der Waals surface area contributed by atoms with E-state index in [4.69, 9.17) is 13.6 Å². The minimum absolute atomic E-state index is 0.0686. The van der Waals surface area contributed by atoms with E-state index in [9.17, 15) is 4.79 Å². The van der Waals surface area contributed by atoms with Gasteiger partial charge in [-0.1, -0.05) is 70.1 Å². The smallest absolute Gasteiger partial charge is 0.330 e. The molecule has 29 heavy (non-hydrogen) atoms. The molecule has 0 fully saturated rings. The molecule has 0 N–H and O–H groups in total. The van der Waals surface area contributed by atoms with Crippen molar-refractivity contribution in [2.24, 2.45) is 0 Å². The molecule has 4 nitrogen and oxygen atoms in total. The number of methoxy groups -OCH3 is 1. The number of carbonyl (C=O) groups is 1. The van der Waals surface area contributed by atoms with Crippen molar-refractivity contribution in [3.05, 3.63) is 23.2 Å². The van der Waals surface area contributed by atoms with Gasteiger partial charge in [0.15, 0.2) is 16.6 Å². The van der Waals surface area contributed by atoms with Crippen molar-refractivity contribution in [2.75, 3.05) is 7.11 Å². The predicted octanol–water partition coefficient (Wildman–Crippen LogP) is 7.19. The molecule has 0 saturated carbocycles. The summed E-state index contributed by atoms with van der Waals surface area (Å²) in [7, 11) is -2.58. The van der Waals surface area contributed by atoms with Crippen LogP contribution in [-0.4, -0.2) is 41.9 Å². The van der Waals surface area contributed by atoms with Crippen LogP contribution in [0.1, 0.15) is 54.4 Å². The Balaban J connectivity index is 5.64. The van der Waals surface area contributed by atoms with Crippen molar-refractivity contribution in [1.29, 1.82) is 0 Å². The van der Waals surface area contributed by atoms with Crippen molar-refractivity contribution in [2.45, 2.75) is 103 Å². The molecule has 0 saturated heterocycles. The van der Waals surface area contributed by atoms with E-state index in [0.29, 0.717) is 12.8 Å². The van der Waals surface area contributed by atoms with Gasteiger partial charge < -0.3 is 13.6 Å². The van der Waals surface area contributed by atoms with Crippen LogP contribution in [0.25, 0.3) is 0 Å². The Morgan fingerprint density at radius 2 is 1.45 bits per heavy atom.